The van der Waals surface area contributed by atoms with Crippen LogP contribution >= 0.6 is 0 Å². The molecular weight excluding hydrogens is 264 g/mol. The number of rotatable bonds is 4. The van der Waals surface area contributed by atoms with Crippen molar-refractivity contribution in [3.8, 4) is 0 Å². The topological polar surface area (TPSA) is 59.8 Å². The molecule has 5 heteroatoms. The van der Waals surface area contributed by atoms with Gasteiger partial charge in [0, 0.05) is 6.04 Å². The van der Waals surface area contributed by atoms with Gasteiger partial charge in [-0.3, -0.25) is 4.79 Å². The molecule has 0 aliphatic heterocycles. The van der Waals surface area contributed by atoms with Gasteiger partial charge in [0.25, 0.3) is 5.91 Å². The van der Waals surface area contributed by atoms with Crippen molar-refractivity contribution in [2.75, 3.05) is 0 Å². The monoisotopic (exact) mass is 284 g/mol. The van der Waals surface area contributed by atoms with E-state index in [-0.39, 0.29) is 5.91 Å². The fraction of sp³-hybridized carbons (Fsp3) is 0.438. The first kappa shape index (κ1) is 13.8. The lowest BCUT2D eigenvalue weighted by molar-refractivity contribution is 0.0922. The van der Waals surface area contributed by atoms with Gasteiger partial charge in [-0.1, -0.05) is 54.8 Å². The molecule has 3 rings (SSSR count). The van der Waals surface area contributed by atoms with E-state index >= 15 is 0 Å². The molecule has 1 heterocycles. The quantitative estimate of drug-likeness (QED) is 0.937. The zero-order chi connectivity index (χ0) is 14.5. The summed E-state index contributed by atoms with van der Waals surface area (Å²) in [7, 11) is 0. The highest BCUT2D eigenvalue weighted by Crippen LogP contribution is 2.17. The Balaban J connectivity index is 1.60. The fourth-order valence-corrected chi connectivity index (χ4v) is 2.76. The van der Waals surface area contributed by atoms with Gasteiger partial charge < -0.3 is 5.32 Å². The third kappa shape index (κ3) is 3.68. The van der Waals surface area contributed by atoms with E-state index in [2.05, 4.69) is 15.6 Å². The molecule has 1 saturated carbocycles. The molecule has 1 aliphatic rings. The van der Waals surface area contributed by atoms with Crippen LogP contribution in [0.15, 0.2) is 36.5 Å². The van der Waals surface area contributed by atoms with Crippen molar-refractivity contribution >= 4 is 5.91 Å². The summed E-state index contributed by atoms with van der Waals surface area (Å²) in [6, 6.07) is 10.3. The Labute approximate surface area is 124 Å². The number of carbonyl (C=O) groups is 1. The summed E-state index contributed by atoms with van der Waals surface area (Å²) in [6.45, 7) is 0.630. The summed E-state index contributed by atoms with van der Waals surface area (Å²) < 4.78 is 1.70. The second-order valence-electron chi connectivity index (χ2n) is 5.60. The summed E-state index contributed by atoms with van der Waals surface area (Å²) in [5, 5.41) is 11.1. The van der Waals surface area contributed by atoms with Crippen LogP contribution in [0.5, 0.6) is 0 Å². The summed E-state index contributed by atoms with van der Waals surface area (Å²) in [5.74, 6) is -0.110. The van der Waals surface area contributed by atoms with Gasteiger partial charge in [-0.05, 0) is 18.4 Å². The van der Waals surface area contributed by atoms with Gasteiger partial charge >= 0.3 is 0 Å². The molecule has 0 unspecified atom stereocenters. The van der Waals surface area contributed by atoms with Crippen molar-refractivity contribution in [3.05, 3.63) is 47.8 Å². The molecule has 1 aromatic carbocycles. The number of benzene rings is 1. The zero-order valence-corrected chi connectivity index (χ0v) is 12.0. The minimum absolute atomic E-state index is 0.110. The van der Waals surface area contributed by atoms with Crippen molar-refractivity contribution in [1.29, 1.82) is 0 Å². The lowest BCUT2D eigenvalue weighted by Gasteiger charge is -2.22. The Morgan fingerprint density at radius 3 is 2.71 bits per heavy atom. The number of hydrogen-bond donors (Lipinski definition) is 1. The maximum absolute atomic E-state index is 12.2. The van der Waals surface area contributed by atoms with Crippen LogP contribution in [-0.4, -0.2) is 26.9 Å². The largest absolute Gasteiger partial charge is 0.348 e. The van der Waals surface area contributed by atoms with Crippen molar-refractivity contribution in [2.24, 2.45) is 0 Å². The number of aromatic nitrogens is 3. The average Bonchev–Trinajstić information content (AvgIpc) is 2.98. The Kier molecular flexibility index (Phi) is 4.28. The third-order valence-electron chi connectivity index (χ3n) is 3.90. The van der Waals surface area contributed by atoms with Crippen LogP contribution in [0.2, 0.25) is 0 Å². The van der Waals surface area contributed by atoms with E-state index in [4.69, 9.17) is 0 Å². The molecule has 0 atom stereocenters. The van der Waals surface area contributed by atoms with Gasteiger partial charge in [0.15, 0.2) is 5.69 Å². The molecule has 0 saturated heterocycles. The average molecular weight is 284 g/mol. The SMILES string of the molecule is O=C(NC1CCCCC1)c1cn(Cc2ccccc2)nn1. The first-order valence-electron chi connectivity index (χ1n) is 7.56. The first-order valence-corrected chi connectivity index (χ1v) is 7.56. The molecule has 2 aromatic rings. The van der Waals surface area contributed by atoms with Gasteiger partial charge in [-0.15, -0.1) is 5.10 Å². The maximum atomic E-state index is 12.2. The van der Waals surface area contributed by atoms with Crippen LogP contribution in [0.4, 0.5) is 0 Å². The van der Waals surface area contributed by atoms with Gasteiger partial charge in [0.05, 0.1) is 12.7 Å². The van der Waals surface area contributed by atoms with Crippen molar-refractivity contribution < 1.29 is 4.79 Å². The highest BCUT2D eigenvalue weighted by Gasteiger charge is 2.18. The number of amides is 1. The second-order valence-corrected chi connectivity index (χ2v) is 5.60. The molecule has 1 N–H and O–H groups in total. The lowest BCUT2D eigenvalue weighted by atomic mass is 9.95. The second kappa shape index (κ2) is 6.52. The Bertz CT molecular complexity index is 587. The van der Waals surface area contributed by atoms with Crippen molar-refractivity contribution in [3.63, 3.8) is 0 Å². The predicted molar refractivity (Wildman–Crippen MR) is 79.9 cm³/mol. The molecule has 5 nitrogen and oxygen atoms in total. The molecule has 0 radical (unpaired) electrons. The highest BCUT2D eigenvalue weighted by atomic mass is 16.2. The van der Waals surface area contributed by atoms with Crippen molar-refractivity contribution in [2.45, 2.75) is 44.7 Å². The van der Waals surface area contributed by atoms with E-state index in [1.807, 2.05) is 30.3 Å². The molecule has 1 fully saturated rings. The molecule has 1 aromatic heterocycles. The summed E-state index contributed by atoms with van der Waals surface area (Å²) in [4.78, 5) is 12.2. The molecule has 0 bridgehead atoms. The lowest BCUT2D eigenvalue weighted by Crippen LogP contribution is -2.36. The molecule has 21 heavy (non-hydrogen) atoms. The van der Waals surface area contributed by atoms with E-state index in [0.717, 1.165) is 18.4 Å². The Hall–Kier alpha value is -2.17. The summed E-state index contributed by atoms with van der Waals surface area (Å²) >= 11 is 0. The van der Waals surface area contributed by atoms with E-state index in [0.29, 0.717) is 18.3 Å². The summed E-state index contributed by atoms with van der Waals surface area (Å²) in [6.07, 6.45) is 7.54. The van der Waals surface area contributed by atoms with E-state index < -0.39 is 0 Å². The molecule has 110 valence electrons. The number of hydrogen-bond acceptors (Lipinski definition) is 3. The summed E-state index contributed by atoms with van der Waals surface area (Å²) in [5.41, 5.74) is 1.54. The van der Waals surface area contributed by atoms with Crippen LogP contribution < -0.4 is 5.32 Å². The van der Waals surface area contributed by atoms with Crippen LogP contribution in [0.25, 0.3) is 0 Å². The minimum Gasteiger partial charge on any atom is -0.348 e. The van der Waals surface area contributed by atoms with Crippen LogP contribution in [-0.2, 0) is 6.54 Å². The molecule has 0 spiro atoms. The number of nitrogens with one attached hydrogen (secondary N) is 1. The maximum Gasteiger partial charge on any atom is 0.273 e. The van der Waals surface area contributed by atoms with Gasteiger partial charge in [-0.2, -0.15) is 0 Å². The number of carbonyl (C=O) groups excluding carboxylic acids is 1. The minimum atomic E-state index is -0.110. The molecule has 1 aliphatic carbocycles. The Morgan fingerprint density at radius 1 is 1.19 bits per heavy atom. The third-order valence-corrected chi connectivity index (χ3v) is 3.90. The fourth-order valence-electron chi connectivity index (χ4n) is 2.76. The van der Waals surface area contributed by atoms with Crippen LogP contribution in [0.1, 0.15) is 48.2 Å². The highest BCUT2D eigenvalue weighted by molar-refractivity contribution is 5.92. The van der Waals surface area contributed by atoms with Crippen LogP contribution in [0, 0.1) is 0 Å². The van der Waals surface area contributed by atoms with Gasteiger partial charge in [0.2, 0.25) is 0 Å². The zero-order valence-electron chi connectivity index (χ0n) is 12.0. The van der Waals surface area contributed by atoms with Crippen molar-refractivity contribution in [1.82, 2.24) is 20.3 Å². The number of nitrogens with zero attached hydrogens (tertiary/aromatic N) is 3. The van der Waals surface area contributed by atoms with Gasteiger partial charge in [-0.25, -0.2) is 4.68 Å². The normalized spacial score (nSPS) is 15.8. The van der Waals surface area contributed by atoms with Gasteiger partial charge in [0.1, 0.15) is 0 Å². The molecular formula is C16H20N4O. The van der Waals surface area contributed by atoms with E-state index in [9.17, 15) is 4.79 Å². The Morgan fingerprint density at radius 2 is 1.95 bits per heavy atom. The van der Waals surface area contributed by atoms with E-state index in [1.165, 1.54) is 19.3 Å². The first-order chi connectivity index (χ1) is 10.3. The van der Waals surface area contributed by atoms with E-state index in [1.54, 1.807) is 10.9 Å². The van der Waals surface area contributed by atoms with Crippen LogP contribution in [0.3, 0.4) is 0 Å². The predicted octanol–water partition coefficient (Wildman–Crippen LogP) is 2.39. The standard InChI is InChI=1S/C16H20N4O/c21-16(17-14-9-5-2-6-10-14)15-12-20(19-18-15)11-13-7-3-1-4-8-13/h1,3-4,7-8,12,14H,2,5-6,9-11H2,(H,17,21). The smallest absolute Gasteiger partial charge is 0.273 e. The molecule has 1 amide bonds.